The van der Waals surface area contributed by atoms with Crippen LogP contribution in [0.3, 0.4) is 0 Å². The maximum atomic E-state index is 3.60. The summed E-state index contributed by atoms with van der Waals surface area (Å²) in [6.07, 6.45) is 0. The Morgan fingerprint density at radius 3 is 2.47 bits per heavy atom. The summed E-state index contributed by atoms with van der Waals surface area (Å²) in [6.45, 7) is 5.79. The average Bonchev–Trinajstić information content (AvgIpc) is 2.25. The van der Waals surface area contributed by atoms with Crippen molar-refractivity contribution in [1.29, 1.82) is 0 Å². The molecule has 1 aliphatic heterocycles. The Bertz CT molecular complexity index is 319. The van der Waals surface area contributed by atoms with E-state index in [2.05, 4.69) is 57.0 Å². The molecule has 1 fully saturated rings. The normalized spacial score (nSPS) is 19.3. The second kappa shape index (κ2) is 5.10. The Morgan fingerprint density at radius 1 is 1.13 bits per heavy atom. The van der Waals surface area contributed by atoms with E-state index in [0.717, 1.165) is 6.54 Å². The highest BCUT2D eigenvalue weighted by Gasteiger charge is 2.14. The molecule has 3 heteroatoms. The molecule has 0 amide bonds. The van der Waals surface area contributed by atoms with Gasteiger partial charge in [-0.1, -0.05) is 34.1 Å². The zero-order valence-corrected chi connectivity index (χ0v) is 10.7. The Kier molecular flexibility index (Phi) is 3.78. The summed E-state index contributed by atoms with van der Waals surface area (Å²) >= 11 is 3.60. The molecule has 1 aromatic carbocycles. The Hall–Kier alpha value is -0.380. The van der Waals surface area contributed by atoms with E-state index in [-0.39, 0.29) is 0 Å². The van der Waals surface area contributed by atoms with Crippen LogP contribution in [-0.4, -0.2) is 43.0 Å². The molecule has 0 bridgehead atoms. The first-order valence-corrected chi connectivity index (χ1v) is 6.19. The van der Waals surface area contributed by atoms with Crippen LogP contribution in [0.15, 0.2) is 28.7 Å². The lowest BCUT2D eigenvalue weighted by Gasteiger charge is -2.32. The number of benzene rings is 1. The van der Waals surface area contributed by atoms with Crippen molar-refractivity contribution in [2.75, 3.05) is 33.2 Å². The molecule has 2 rings (SSSR count). The van der Waals surface area contributed by atoms with Gasteiger partial charge in [-0.05, 0) is 18.7 Å². The minimum atomic E-state index is 1.06. The topological polar surface area (TPSA) is 6.48 Å². The summed E-state index contributed by atoms with van der Waals surface area (Å²) in [7, 11) is 2.19. The predicted molar refractivity (Wildman–Crippen MR) is 66.9 cm³/mol. The number of halogens is 1. The first-order chi connectivity index (χ1) is 7.25. The lowest BCUT2D eigenvalue weighted by molar-refractivity contribution is 0.148. The van der Waals surface area contributed by atoms with Crippen LogP contribution in [0.5, 0.6) is 0 Å². The van der Waals surface area contributed by atoms with Gasteiger partial charge in [0.05, 0.1) is 0 Å². The van der Waals surface area contributed by atoms with Crippen LogP contribution < -0.4 is 0 Å². The molecule has 2 nitrogen and oxygen atoms in total. The minimum Gasteiger partial charge on any atom is -0.304 e. The number of likely N-dealkylation sites (N-methyl/N-ethyl adjacent to an activating group) is 1. The van der Waals surface area contributed by atoms with Gasteiger partial charge in [-0.2, -0.15) is 0 Å². The first-order valence-electron chi connectivity index (χ1n) is 5.40. The highest BCUT2D eigenvalue weighted by molar-refractivity contribution is 9.10. The molecule has 15 heavy (non-hydrogen) atoms. The van der Waals surface area contributed by atoms with Gasteiger partial charge in [-0.15, -0.1) is 0 Å². The molecule has 82 valence electrons. The summed E-state index contributed by atoms with van der Waals surface area (Å²) in [5.74, 6) is 0. The van der Waals surface area contributed by atoms with Gasteiger partial charge in [-0.25, -0.2) is 0 Å². The standard InChI is InChI=1S/C12H17BrN2/c1-14-6-8-15(9-7-14)10-11-4-2-3-5-12(11)13/h2-5H,6-10H2,1H3. The molecule has 0 aliphatic carbocycles. The number of piperazine rings is 1. The fraction of sp³-hybridized carbons (Fsp3) is 0.500. The molecule has 0 N–H and O–H groups in total. The maximum Gasteiger partial charge on any atom is 0.0246 e. The highest BCUT2D eigenvalue weighted by atomic mass is 79.9. The maximum absolute atomic E-state index is 3.60. The second-order valence-electron chi connectivity index (χ2n) is 4.17. The van der Waals surface area contributed by atoms with E-state index in [1.807, 2.05) is 0 Å². The van der Waals surface area contributed by atoms with E-state index < -0.39 is 0 Å². The van der Waals surface area contributed by atoms with Crippen LogP contribution in [0.1, 0.15) is 5.56 Å². The summed E-state index contributed by atoms with van der Waals surface area (Å²) in [6, 6.07) is 8.49. The Labute approximate surface area is 100 Å². The van der Waals surface area contributed by atoms with Crippen LogP contribution in [-0.2, 0) is 6.54 Å². The fourth-order valence-electron chi connectivity index (χ4n) is 1.87. The van der Waals surface area contributed by atoms with Crippen molar-refractivity contribution < 1.29 is 0 Å². The van der Waals surface area contributed by atoms with Gasteiger partial charge >= 0.3 is 0 Å². The largest absolute Gasteiger partial charge is 0.304 e. The lowest BCUT2D eigenvalue weighted by atomic mass is 10.2. The number of nitrogens with zero attached hydrogens (tertiary/aromatic N) is 2. The van der Waals surface area contributed by atoms with E-state index >= 15 is 0 Å². The lowest BCUT2D eigenvalue weighted by Crippen LogP contribution is -2.43. The van der Waals surface area contributed by atoms with Crippen molar-refractivity contribution in [2.24, 2.45) is 0 Å². The fourth-order valence-corrected chi connectivity index (χ4v) is 2.28. The molecule has 0 unspecified atom stereocenters. The summed E-state index contributed by atoms with van der Waals surface area (Å²) in [5.41, 5.74) is 1.39. The predicted octanol–water partition coefficient (Wildman–Crippen LogP) is 2.20. The van der Waals surface area contributed by atoms with Crippen LogP contribution in [0.4, 0.5) is 0 Å². The van der Waals surface area contributed by atoms with Gasteiger partial charge in [0.25, 0.3) is 0 Å². The average molecular weight is 269 g/mol. The summed E-state index contributed by atoms with van der Waals surface area (Å²) in [4.78, 5) is 4.90. The third-order valence-electron chi connectivity index (χ3n) is 2.95. The van der Waals surface area contributed by atoms with E-state index in [9.17, 15) is 0 Å². The van der Waals surface area contributed by atoms with Crippen LogP contribution in [0, 0.1) is 0 Å². The minimum absolute atomic E-state index is 1.06. The molecule has 0 radical (unpaired) electrons. The quantitative estimate of drug-likeness (QED) is 0.812. The third kappa shape index (κ3) is 3.03. The van der Waals surface area contributed by atoms with Crippen LogP contribution in [0.2, 0.25) is 0 Å². The van der Waals surface area contributed by atoms with E-state index in [1.54, 1.807) is 0 Å². The van der Waals surface area contributed by atoms with Crippen molar-refractivity contribution in [3.8, 4) is 0 Å². The molecular formula is C12H17BrN2. The number of hydrogen-bond donors (Lipinski definition) is 0. The Morgan fingerprint density at radius 2 is 1.80 bits per heavy atom. The molecule has 0 atom stereocenters. The number of rotatable bonds is 2. The molecule has 1 saturated heterocycles. The molecular weight excluding hydrogens is 252 g/mol. The van der Waals surface area contributed by atoms with E-state index in [1.165, 1.54) is 36.2 Å². The third-order valence-corrected chi connectivity index (χ3v) is 3.72. The molecule has 1 aliphatic rings. The van der Waals surface area contributed by atoms with E-state index in [0.29, 0.717) is 0 Å². The van der Waals surface area contributed by atoms with Crippen LogP contribution >= 0.6 is 15.9 Å². The van der Waals surface area contributed by atoms with Crippen molar-refractivity contribution in [3.05, 3.63) is 34.3 Å². The van der Waals surface area contributed by atoms with Crippen molar-refractivity contribution in [1.82, 2.24) is 9.80 Å². The molecule has 1 aromatic rings. The van der Waals surface area contributed by atoms with Crippen molar-refractivity contribution in [3.63, 3.8) is 0 Å². The van der Waals surface area contributed by atoms with E-state index in [4.69, 9.17) is 0 Å². The monoisotopic (exact) mass is 268 g/mol. The van der Waals surface area contributed by atoms with Crippen molar-refractivity contribution in [2.45, 2.75) is 6.54 Å². The summed E-state index contributed by atoms with van der Waals surface area (Å²) < 4.78 is 1.23. The number of hydrogen-bond acceptors (Lipinski definition) is 2. The SMILES string of the molecule is CN1CCN(Cc2ccccc2Br)CC1. The zero-order chi connectivity index (χ0) is 10.7. The molecule has 1 heterocycles. The Balaban J connectivity index is 1.95. The van der Waals surface area contributed by atoms with Crippen LogP contribution in [0.25, 0.3) is 0 Å². The second-order valence-corrected chi connectivity index (χ2v) is 5.03. The summed E-state index contributed by atoms with van der Waals surface area (Å²) in [5, 5.41) is 0. The van der Waals surface area contributed by atoms with Gasteiger partial charge in [0, 0.05) is 37.2 Å². The van der Waals surface area contributed by atoms with Gasteiger partial charge in [0.15, 0.2) is 0 Å². The van der Waals surface area contributed by atoms with Gasteiger partial charge in [0.2, 0.25) is 0 Å². The first kappa shape index (κ1) is 11.1. The smallest absolute Gasteiger partial charge is 0.0246 e. The van der Waals surface area contributed by atoms with Gasteiger partial charge < -0.3 is 4.90 Å². The highest BCUT2D eigenvalue weighted by Crippen LogP contribution is 2.18. The zero-order valence-electron chi connectivity index (χ0n) is 9.12. The van der Waals surface area contributed by atoms with Gasteiger partial charge in [-0.3, -0.25) is 4.90 Å². The van der Waals surface area contributed by atoms with Crippen molar-refractivity contribution >= 4 is 15.9 Å². The molecule has 0 saturated carbocycles. The van der Waals surface area contributed by atoms with Gasteiger partial charge in [0.1, 0.15) is 0 Å². The molecule has 0 aromatic heterocycles. The molecule has 0 spiro atoms.